The number of hydrogen-bond acceptors (Lipinski definition) is 2. The molecule has 0 spiro atoms. The number of aryl methyl sites for hydroxylation is 1. The highest BCUT2D eigenvalue weighted by Gasteiger charge is 2.42. The lowest BCUT2D eigenvalue weighted by Crippen LogP contribution is -2.52. The SMILES string of the molecule is O=C(CCCc1c[nH]c2ccccc12)NC1(C(=O)O)CCCC1. The average molecular weight is 314 g/mol. The fraction of sp³-hybridized carbons (Fsp3) is 0.444. The van der Waals surface area contributed by atoms with Crippen molar-refractivity contribution in [1.82, 2.24) is 10.3 Å². The van der Waals surface area contributed by atoms with Gasteiger partial charge >= 0.3 is 5.97 Å². The van der Waals surface area contributed by atoms with E-state index >= 15 is 0 Å². The molecule has 1 aromatic heterocycles. The van der Waals surface area contributed by atoms with Gasteiger partial charge in [0.25, 0.3) is 0 Å². The number of H-pyrrole nitrogens is 1. The van der Waals surface area contributed by atoms with E-state index in [1.165, 1.54) is 10.9 Å². The van der Waals surface area contributed by atoms with Crippen LogP contribution in [0.5, 0.6) is 0 Å². The van der Waals surface area contributed by atoms with Crippen molar-refractivity contribution in [2.45, 2.75) is 50.5 Å². The second-order valence-corrected chi connectivity index (χ2v) is 6.36. The largest absolute Gasteiger partial charge is 0.480 e. The molecule has 5 heteroatoms. The van der Waals surface area contributed by atoms with Crippen molar-refractivity contribution < 1.29 is 14.7 Å². The van der Waals surface area contributed by atoms with Crippen LogP contribution in [0.1, 0.15) is 44.1 Å². The first-order chi connectivity index (χ1) is 11.1. The summed E-state index contributed by atoms with van der Waals surface area (Å²) >= 11 is 0. The van der Waals surface area contributed by atoms with Gasteiger partial charge in [0, 0.05) is 23.5 Å². The first-order valence-corrected chi connectivity index (χ1v) is 8.20. The standard InChI is InChI=1S/C18H22N2O3/c21-16(20-18(17(22)23)10-3-4-11-18)9-5-6-13-12-19-15-8-2-1-7-14(13)15/h1-2,7-8,12,19H,3-6,9-11H2,(H,20,21)(H,22,23). The van der Waals surface area contributed by atoms with Gasteiger partial charge in [0.05, 0.1) is 0 Å². The number of fused-ring (bicyclic) bond motifs is 1. The van der Waals surface area contributed by atoms with Crippen molar-refractivity contribution >= 4 is 22.8 Å². The van der Waals surface area contributed by atoms with E-state index in [-0.39, 0.29) is 5.91 Å². The Morgan fingerprint density at radius 3 is 2.70 bits per heavy atom. The molecule has 0 radical (unpaired) electrons. The first-order valence-electron chi connectivity index (χ1n) is 8.20. The van der Waals surface area contributed by atoms with Gasteiger partial charge < -0.3 is 15.4 Å². The molecular weight excluding hydrogens is 292 g/mol. The molecule has 1 saturated carbocycles. The molecular formula is C18H22N2O3. The zero-order valence-electron chi connectivity index (χ0n) is 13.1. The van der Waals surface area contributed by atoms with E-state index in [4.69, 9.17) is 0 Å². The van der Waals surface area contributed by atoms with Crippen LogP contribution >= 0.6 is 0 Å². The average Bonchev–Trinajstić information content (AvgIpc) is 3.16. The second-order valence-electron chi connectivity index (χ2n) is 6.36. The monoisotopic (exact) mass is 314 g/mol. The van der Waals surface area contributed by atoms with Crippen LogP contribution in [0.15, 0.2) is 30.5 Å². The van der Waals surface area contributed by atoms with Gasteiger partial charge in [-0.15, -0.1) is 0 Å². The number of rotatable bonds is 6. The quantitative estimate of drug-likeness (QED) is 0.766. The maximum absolute atomic E-state index is 12.1. The number of benzene rings is 1. The molecule has 3 N–H and O–H groups in total. The minimum absolute atomic E-state index is 0.158. The number of para-hydroxylation sites is 1. The summed E-state index contributed by atoms with van der Waals surface area (Å²) in [5.74, 6) is -1.06. The number of aromatic nitrogens is 1. The molecule has 0 unspecified atom stereocenters. The van der Waals surface area contributed by atoms with Gasteiger partial charge in [0.2, 0.25) is 5.91 Å². The van der Waals surface area contributed by atoms with Crippen LogP contribution in [0.4, 0.5) is 0 Å². The Hall–Kier alpha value is -2.30. The Balaban J connectivity index is 1.54. The zero-order chi connectivity index (χ0) is 16.3. The topological polar surface area (TPSA) is 82.2 Å². The van der Waals surface area contributed by atoms with E-state index in [1.54, 1.807) is 0 Å². The first kappa shape index (κ1) is 15.6. The van der Waals surface area contributed by atoms with Gasteiger partial charge in [-0.05, 0) is 37.3 Å². The Bertz CT molecular complexity index is 714. The number of nitrogens with one attached hydrogen (secondary N) is 2. The molecule has 1 heterocycles. The molecule has 1 fully saturated rings. The molecule has 1 amide bonds. The number of aliphatic carboxylic acids is 1. The van der Waals surface area contributed by atoms with Gasteiger partial charge in [0.15, 0.2) is 0 Å². The van der Waals surface area contributed by atoms with Crippen molar-refractivity contribution in [2.24, 2.45) is 0 Å². The summed E-state index contributed by atoms with van der Waals surface area (Å²) < 4.78 is 0. The van der Waals surface area contributed by atoms with Crippen molar-refractivity contribution in [2.75, 3.05) is 0 Å². The highest BCUT2D eigenvalue weighted by Crippen LogP contribution is 2.30. The van der Waals surface area contributed by atoms with E-state index in [9.17, 15) is 14.7 Å². The van der Waals surface area contributed by atoms with Crippen LogP contribution in [-0.4, -0.2) is 27.5 Å². The second kappa shape index (κ2) is 6.44. The fourth-order valence-electron chi connectivity index (χ4n) is 3.48. The molecule has 1 aliphatic rings. The number of hydrogen-bond donors (Lipinski definition) is 3. The Labute approximate surface area is 135 Å². The van der Waals surface area contributed by atoms with Crippen LogP contribution in [0, 0.1) is 0 Å². The summed E-state index contributed by atoms with van der Waals surface area (Å²) in [6.07, 6.45) is 6.66. The number of amides is 1. The van der Waals surface area contributed by atoms with E-state index in [2.05, 4.69) is 16.4 Å². The molecule has 3 rings (SSSR count). The van der Waals surface area contributed by atoms with Crippen LogP contribution in [0.25, 0.3) is 10.9 Å². The van der Waals surface area contributed by atoms with Crippen LogP contribution in [-0.2, 0) is 16.0 Å². The van der Waals surface area contributed by atoms with Crippen LogP contribution in [0.3, 0.4) is 0 Å². The van der Waals surface area contributed by atoms with Gasteiger partial charge in [-0.2, -0.15) is 0 Å². The lowest BCUT2D eigenvalue weighted by atomic mass is 9.97. The molecule has 23 heavy (non-hydrogen) atoms. The predicted molar refractivity (Wildman–Crippen MR) is 88.2 cm³/mol. The lowest BCUT2D eigenvalue weighted by molar-refractivity contribution is -0.147. The van der Waals surface area contributed by atoms with E-state index in [0.717, 1.165) is 24.8 Å². The highest BCUT2D eigenvalue weighted by atomic mass is 16.4. The van der Waals surface area contributed by atoms with Gasteiger partial charge in [-0.1, -0.05) is 31.0 Å². The molecule has 0 bridgehead atoms. The summed E-state index contributed by atoms with van der Waals surface area (Å²) in [6, 6.07) is 8.09. The maximum Gasteiger partial charge on any atom is 0.329 e. The lowest BCUT2D eigenvalue weighted by Gasteiger charge is -2.25. The zero-order valence-corrected chi connectivity index (χ0v) is 13.1. The molecule has 1 aromatic carbocycles. The van der Waals surface area contributed by atoms with Crippen molar-refractivity contribution in [1.29, 1.82) is 0 Å². The molecule has 122 valence electrons. The highest BCUT2D eigenvalue weighted by molar-refractivity contribution is 5.87. The van der Waals surface area contributed by atoms with Gasteiger partial charge in [-0.3, -0.25) is 4.79 Å². The van der Waals surface area contributed by atoms with Gasteiger partial charge in [-0.25, -0.2) is 4.79 Å². The summed E-state index contributed by atoms with van der Waals surface area (Å²) in [6.45, 7) is 0. The summed E-state index contributed by atoms with van der Waals surface area (Å²) in [4.78, 5) is 26.8. The maximum atomic E-state index is 12.1. The van der Waals surface area contributed by atoms with E-state index in [0.29, 0.717) is 25.7 Å². The molecule has 1 aliphatic carbocycles. The van der Waals surface area contributed by atoms with E-state index in [1.807, 2.05) is 24.4 Å². The minimum atomic E-state index is -1.03. The summed E-state index contributed by atoms with van der Waals surface area (Å²) in [5, 5.41) is 13.3. The third-order valence-corrected chi connectivity index (χ3v) is 4.77. The van der Waals surface area contributed by atoms with Gasteiger partial charge in [0.1, 0.15) is 5.54 Å². The third-order valence-electron chi connectivity index (χ3n) is 4.77. The molecule has 2 aromatic rings. The Morgan fingerprint density at radius 1 is 1.22 bits per heavy atom. The summed E-state index contributed by atoms with van der Waals surface area (Å²) in [7, 11) is 0. The molecule has 0 saturated heterocycles. The number of carboxylic acid groups (broad SMARTS) is 1. The van der Waals surface area contributed by atoms with Crippen molar-refractivity contribution in [3.63, 3.8) is 0 Å². The summed E-state index contributed by atoms with van der Waals surface area (Å²) in [5.41, 5.74) is 1.27. The number of carboxylic acids is 1. The normalized spacial score (nSPS) is 16.5. The molecule has 0 atom stereocenters. The van der Waals surface area contributed by atoms with Crippen LogP contribution in [0.2, 0.25) is 0 Å². The fourth-order valence-corrected chi connectivity index (χ4v) is 3.48. The minimum Gasteiger partial charge on any atom is -0.480 e. The number of aromatic amines is 1. The van der Waals surface area contributed by atoms with Crippen LogP contribution < -0.4 is 5.32 Å². The third kappa shape index (κ3) is 3.23. The molecule has 0 aliphatic heterocycles. The number of carbonyl (C=O) groups is 2. The van der Waals surface area contributed by atoms with Crippen molar-refractivity contribution in [3.05, 3.63) is 36.0 Å². The predicted octanol–water partition coefficient (Wildman–Crippen LogP) is 3.00. The smallest absolute Gasteiger partial charge is 0.329 e. The van der Waals surface area contributed by atoms with Crippen molar-refractivity contribution in [3.8, 4) is 0 Å². The Morgan fingerprint density at radius 2 is 1.96 bits per heavy atom. The molecule has 5 nitrogen and oxygen atoms in total. The number of carbonyl (C=O) groups excluding carboxylic acids is 1. The van der Waals surface area contributed by atoms with E-state index < -0.39 is 11.5 Å². The Kier molecular flexibility index (Phi) is 4.37.